The molecule has 48 heavy (non-hydrogen) atoms. The van der Waals surface area contributed by atoms with Crippen LogP contribution in [0.4, 0.5) is 0 Å². The summed E-state index contributed by atoms with van der Waals surface area (Å²) < 4.78 is 4.55. The molecular weight excluding hydrogens is 585 g/mol. The highest BCUT2D eigenvalue weighted by Gasteiger charge is 2.19. The molecule has 0 unspecified atom stereocenters. The monoisotopic (exact) mass is 610 g/mol. The van der Waals surface area contributed by atoms with E-state index in [4.69, 9.17) is 0 Å². The highest BCUT2D eigenvalue weighted by Crippen LogP contribution is 2.41. The van der Waals surface area contributed by atoms with Crippen LogP contribution in [-0.4, -0.2) is 9.13 Å². The SMILES string of the molecule is N#Cc1ccc(-n2c3ccccc3c3ccccc32)c(-c2ccccc2-c2ccc(-n3c4ccccc4c4c(C#N)cccc43)cc2)c1. The summed E-state index contributed by atoms with van der Waals surface area (Å²) in [6.45, 7) is 0. The third-order valence-corrected chi connectivity index (χ3v) is 9.42. The Labute approximate surface area is 277 Å². The molecule has 0 aliphatic heterocycles. The van der Waals surface area contributed by atoms with Gasteiger partial charge in [0.2, 0.25) is 0 Å². The number of rotatable bonds is 4. The van der Waals surface area contributed by atoms with Gasteiger partial charge >= 0.3 is 0 Å². The minimum Gasteiger partial charge on any atom is -0.309 e. The van der Waals surface area contributed by atoms with Crippen LogP contribution in [-0.2, 0) is 0 Å². The van der Waals surface area contributed by atoms with Gasteiger partial charge in [-0.1, -0.05) is 97.1 Å². The van der Waals surface area contributed by atoms with Crippen molar-refractivity contribution in [3.63, 3.8) is 0 Å². The molecule has 0 radical (unpaired) electrons. The molecule has 4 nitrogen and oxygen atoms in total. The van der Waals surface area contributed by atoms with Crippen molar-refractivity contribution in [2.45, 2.75) is 0 Å². The van der Waals surface area contributed by atoms with E-state index in [2.05, 4.69) is 143 Å². The normalized spacial score (nSPS) is 11.3. The summed E-state index contributed by atoms with van der Waals surface area (Å²) >= 11 is 0. The summed E-state index contributed by atoms with van der Waals surface area (Å²) in [4.78, 5) is 0. The predicted molar refractivity (Wildman–Crippen MR) is 195 cm³/mol. The zero-order valence-corrected chi connectivity index (χ0v) is 25.8. The molecule has 0 saturated carbocycles. The van der Waals surface area contributed by atoms with Gasteiger partial charge in [-0.15, -0.1) is 0 Å². The molecule has 0 aliphatic carbocycles. The minimum atomic E-state index is 0.614. The second kappa shape index (κ2) is 10.9. The Hall–Kier alpha value is -6.88. The third-order valence-electron chi connectivity index (χ3n) is 9.42. The van der Waals surface area contributed by atoms with Crippen molar-refractivity contribution in [1.29, 1.82) is 10.5 Å². The first kappa shape index (κ1) is 27.4. The molecule has 2 aromatic heterocycles. The van der Waals surface area contributed by atoms with Gasteiger partial charge in [-0.2, -0.15) is 10.5 Å². The van der Waals surface area contributed by atoms with Crippen LogP contribution in [0.25, 0.3) is 77.2 Å². The van der Waals surface area contributed by atoms with Gasteiger partial charge in [0.15, 0.2) is 0 Å². The molecule has 9 aromatic rings. The first-order valence-corrected chi connectivity index (χ1v) is 15.9. The topological polar surface area (TPSA) is 57.4 Å². The molecule has 0 spiro atoms. The Balaban J connectivity index is 1.23. The lowest BCUT2D eigenvalue weighted by Gasteiger charge is -2.18. The van der Waals surface area contributed by atoms with Crippen molar-refractivity contribution in [2.24, 2.45) is 0 Å². The van der Waals surface area contributed by atoms with Gasteiger partial charge in [-0.25, -0.2) is 0 Å². The van der Waals surface area contributed by atoms with Crippen LogP contribution in [0.1, 0.15) is 11.1 Å². The van der Waals surface area contributed by atoms with Crippen LogP contribution in [0.3, 0.4) is 0 Å². The van der Waals surface area contributed by atoms with Crippen LogP contribution in [0.15, 0.2) is 158 Å². The van der Waals surface area contributed by atoms with Gasteiger partial charge in [0.05, 0.1) is 51.0 Å². The van der Waals surface area contributed by atoms with Gasteiger partial charge in [-0.3, -0.25) is 0 Å². The van der Waals surface area contributed by atoms with Crippen LogP contribution < -0.4 is 0 Å². The van der Waals surface area contributed by atoms with E-state index >= 15 is 0 Å². The molecule has 2 heterocycles. The van der Waals surface area contributed by atoms with Crippen LogP contribution in [0, 0.1) is 22.7 Å². The van der Waals surface area contributed by atoms with Crippen molar-refractivity contribution < 1.29 is 0 Å². The highest BCUT2D eigenvalue weighted by molar-refractivity contribution is 6.12. The third kappa shape index (κ3) is 4.07. The molecule has 222 valence electrons. The number of nitriles is 2. The number of benzene rings is 7. The summed E-state index contributed by atoms with van der Waals surface area (Å²) in [7, 11) is 0. The van der Waals surface area contributed by atoms with E-state index in [-0.39, 0.29) is 0 Å². The first-order chi connectivity index (χ1) is 23.7. The lowest BCUT2D eigenvalue weighted by Crippen LogP contribution is -1.99. The van der Waals surface area contributed by atoms with Crippen molar-refractivity contribution in [3.05, 3.63) is 169 Å². The second-order valence-corrected chi connectivity index (χ2v) is 12.0. The number of aromatic nitrogens is 2. The van der Waals surface area contributed by atoms with Crippen molar-refractivity contribution >= 4 is 43.6 Å². The van der Waals surface area contributed by atoms with E-state index in [0.29, 0.717) is 11.1 Å². The maximum atomic E-state index is 9.99. The fourth-order valence-corrected chi connectivity index (χ4v) is 7.35. The van der Waals surface area contributed by atoms with Gasteiger partial charge in [0.1, 0.15) is 0 Å². The molecule has 0 aliphatic rings. The molecule has 0 fully saturated rings. The molecule has 0 saturated heterocycles. The summed E-state index contributed by atoms with van der Waals surface area (Å²) in [5.41, 5.74) is 11.8. The molecule has 9 rings (SSSR count). The van der Waals surface area contributed by atoms with E-state index in [0.717, 1.165) is 66.5 Å². The maximum absolute atomic E-state index is 9.99. The summed E-state index contributed by atoms with van der Waals surface area (Å²) in [6, 6.07) is 59.0. The fourth-order valence-electron chi connectivity index (χ4n) is 7.35. The van der Waals surface area contributed by atoms with Crippen LogP contribution in [0.2, 0.25) is 0 Å². The quantitative estimate of drug-likeness (QED) is 0.199. The van der Waals surface area contributed by atoms with Crippen LogP contribution >= 0.6 is 0 Å². The average Bonchev–Trinajstić information content (AvgIpc) is 3.68. The Morgan fingerprint density at radius 1 is 0.417 bits per heavy atom. The number of nitrogens with zero attached hydrogens (tertiary/aromatic N) is 4. The van der Waals surface area contributed by atoms with Crippen molar-refractivity contribution in [3.8, 4) is 45.8 Å². The van der Waals surface area contributed by atoms with E-state index in [1.54, 1.807) is 0 Å². The Kier molecular flexibility index (Phi) is 6.22. The molecule has 0 N–H and O–H groups in total. The number of fused-ring (bicyclic) bond motifs is 6. The smallest absolute Gasteiger partial charge is 0.0998 e. The lowest BCUT2D eigenvalue weighted by atomic mass is 9.92. The lowest BCUT2D eigenvalue weighted by molar-refractivity contribution is 1.18. The molecule has 7 aromatic carbocycles. The Morgan fingerprint density at radius 2 is 1.00 bits per heavy atom. The largest absolute Gasteiger partial charge is 0.309 e. The first-order valence-electron chi connectivity index (χ1n) is 15.9. The standard InChI is InChI=1S/C44H26N4/c45-27-29-20-25-42(48-39-16-6-3-13-35(39)36-14-4-7-17-40(36)48)38(26-29)34-12-2-1-11-33(34)30-21-23-32(24-22-30)47-41-18-8-5-15-37(41)44-31(28-46)10-9-19-43(44)47/h1-26H. The van der Waals surface area contributed by atoms with Crippen molar-refractivity contribution in [1.82, 2.24) is 9.13 Å². The fraction of sp³-hybridized carbons (Fsp3) is 0. The van der Waals surface area contributed by atoms with Crippen LogP contribution in [0.5, 0.6) is 0 Å². The molecule has 0 amide bonds. The molecule has 0 bridgehead atoms. The maximum Gasteiger partial charge on any atom is 0.0998 e. The molecule has 0 atom stereocenters. The summed E-state index contributed by atoms with van der Waals surface area (Å²) in [5, 5.41) is 24.3. The van der Waals surface area contributed by atoms with E-state index < -0.39 is 0 Å². The summed E-state index contributed by atoms with van der Waals surface area (Å²) in [5.74, 6) is 0. The van der Waals surface area contributed by atoms with E-state index in [1.165, 1.54) is 10.8 Å². The average molecular weight is 611 g/mol. The number of hydrogen-bond donors (Lipinski definition) is 0. The molecular formula is C44H26N4. The Bertz CT molecular complexity index is 2750. The van der Waals surface area contributed by atoms with Gasteiger partial charge in [-0.05, 0) is 77.4 Å². The zero-order chi connectivity index (χ0) is 32.2. The van der Waals surface area contributed by atoms with E-state index in [9.17, 15) is 10.5 Å². The van der Waals surface area contributed by atoms with Gasteiger partial charge < -0.3 is 9.13 Å². The highest BCUT2D eigenvalue weighted by atomic mass is 15.0. The minimum absolute atomic E-state index is 0.614. The zero-order valence-electron chi connectivity index (χ0n) is 25.8. The molecule has 4 heteroatoms. The second-order valence-electron chi connectivity index (χ2n) is 12.0. The van der Waals surface area contributed by atoms with Gasteiger partial charge in [0.25, 0.3) is 0 Å². The predicted octanol–water partition coefficient (Wildman–Crippen LogP) is 11.0. The Morgan fingerprint density at radius 3 is 1.67 bits per heavy atom. The summed E-state index contributed by atoms with van der Waals surface area (Å²) in [6.07, 6.45) is 0. The van der Waals surface area contributed by atoms with Crippen molar-refractivity contribution in [2.75, 3.05) is 0 Å². The van der Waals surface area contributed by atoms with E-state index in [1.807, 2.05) is 36.4 Å². The van der Waals surface area contributed by atoms with Gasteiger partial charge in [0, 0.05) is 32.8 Å². The number of hydrogen-bond acceptors (Lipinski definition) is 2. The number of para-hydroxylation sites is 3.